The van der Waals surface area contributed by atoms with Gasteiger partial charge < -0.3 is 10.1 Å². The average Bonchev–Trinajstić information content (AvgIpc) is 2.76. The number of ether oxygens (including phenoxy) is 1. The number of hydrogen-bond donors (Lipinski definition) is 1. The predicted molar refractivity (Wildman–Crippen MR) is 62.2 cm³/mol. The molecule has 1 heterocycles. The minimum atomic E-state index is -0.337. The zero-order valence-corrected chi connectivity index (χ0v) is 9.53. The third-order valence-corrected chi connectivity index (χ3v) is 2.62. The smallest absolute Gasteiger partial charge is 0.335 e. The molecule has 1 N–H and O–H groups in total. The van der Waals surface area contributed by atoms with Crippen LogP contribution < -0.4 is 5.32 Å². The van der Waals surface area contributed by atoms with E-state index in [9.17, 15) is 9.59 Å². The van der Waals surface area contributed by atoms with Crippen molar-refractivity contribution in [2.45, 2.75) is 13.3 Å². The summed E-state index contributed by atoms with van der Waals surface area (Å²) in [4.78, 5) is 23.1. The fourth-order valence-electron chi connectivity index (χ4n) is 1.68. The third-order valence-electron chi connectivity index (χ3n) is 2.62. The number of rotatable bonds is 2. The Bertz CT molecular complexity index is 477. The van der Waals surface area contributed by atoms with Crippen molar-refractivity contribution in [2.75, 3.05) is 6.61 Å². The van der Waals surface area contributed by atoms with E-state index in [1.807, 2.05) is 6.07 Å². The Balaban J connectivity index is 2.12. The molecule has 1 aromatic carbocycles. The van der Waals surface area contributed by atoms with Gasteiger partial charge in [-0.05, 0) is 19.1 Å². The fraction of sp³-hybridized carbons (Fsp3) is 0.231. The topological polar surface area (TPSA) is 55.4 Å². The van der Waals surface area contributed by atoms with E-state index in [0.717, 1.165) is 0 Å². The summed E-state index contributed by atoms with van der Waals surface area (Å²) in [6.07, 6.45) is 0.555. The van der Waals surface area contributed by atoms with Gasteiger partial charge in [0.25, 0.3) is 5.91 Å². The molecule has 0 aromatic heterocycles. The molecule has 88 valence electrons. The van der Waals surface area contributed by atoms with Gasteiger partial charge in [0.05, 0.1) is 12.2 Å². The normalized spacial score (nSPS) is 17.6. The first-order valence-corrected chi connectivity index (χ1v) is 5.42. The number of amides is 1. The van der Waals surface area contributed by atoms with Gasteiger partial charge in [0.2, 0.25) is 0 Å². The van der Waals surface area contributed by atoms with Gasteiger partial charge in [-0.25, -0.2) is 4.79 Å². The lowest BCUT2D eigenvalue weighted by Gasteiger charge is -2.06. The molecule has 0 bridgehead atoms. The molecular weight excluding hydrogens is 218 g/mol. The molecular formula is C13H13NO3. The van der Waals surface area contributed by atoms with Crippen LogP contribution in [0.25, 0.3) is 0 Å². The van der Waals surface area contributed by atoms with Gasteiger partial charge in [0.1, 0.15) is 0 Å². The van der Waals surface area contributed by atoms with Gasteiger partial charge in [-0.3, -0.25) is 4.79 Å². The molecule has 1 aliphatic rings. The first-order chi connectivity index (χ1) is 8.18. The molecule has 2 rings (SSSR count). The number of esters is 1. The molecule has 0 saturated carbocycles. The summed E-state index contributed by atoms with van der Waals surface area (Å²) in [5.41, 5.74) is 1.69. The summed E-state index contributed by atoms with van der Waals surface area (Å²) in [5, 5.41) is 2.71. The highest BCUT2D eigenvalue weighted by atomic mass is 16.5. The first kappa shape index (κ1) is 11.4. The van der Waals surface area contributed by atoms with Crippen LogP contribution >= 0.6 is 0 Å². The van der Waals surface area contributed by atoms with Crippen molar-refractivity contribution in [1.82, 2.24) is 5.32 Å². The van der Waals surface area contributed by atoms with Crippen LogP contribution in [0.15, 0.2) is 41.6 Å². The molecule has 4 nitrogen and oxygen atoms in total. The van der Waals surface area contributed by atoms with Gasteiger partial charge in [-0.15, -0.1) is 0 Å². The third kappa shape index (κ3) is 2.53. The number of cyclic esters (lactones) is 1. The Morgan fingerprint density at radius 3 is 2.59 bits per heavy atom. The maximum atomic E-state index is 11.8. The Hall–Kier alpha value is -2.10. The van der Waals surface area contributed by atoms with E-state index in [0.29, 0.717) is 29.9 Å². The van der Waals surface area contributed by atoms with Crippen molar-refractivity contribution in [2.24, 2.45) is 0 Å². The second-order valence-electron chi connectivity index (χ2n) is 3.81. The molecule has 0 atom stereocenters. The second-order valence-corrected chi connectivity index (χ2v) is 3.81. The summed E-state index contributed by atoms with van der Waals surface area (Å²) in [5.74, 6) is -0.550. The van der Waals surface area contributed by atoms with Crippen molar-refractivity contribution in [1.29, 1.82) is 0 Å². The molecule has 1 aromatic rings. The van der Waals surface area contributed by atoms with Crippen LogP contribution in [-0.2, 0) is 9.53 Å². The van der Waals surface area contributed by atoms with E-state index in [4.69, 9.17) is 4.74 Å². The second kappa shape index (κ2) is 4.82. The molecule has 4 heteroatoms. The molecule has 0 aliphatic carbocycles. The van der Waals surface area contributed by atoms with Crippen LogP contribution in [0.3, 0.4) is 0 Å². The SMILES string of the molecule is C/C(NC(=O)c1ccccc1)=C1/CCOC1=O. The minimum Gasteiger partial charge on any atom is -0.462 e. The minimum absolute atomic E-state index is 0.213. The maximum absolute atomic E-state index is 11.8. The molecule has 17 heavy (non-hydrogen) atoms. The molecule has 1 saturated heterocycles. The van der Waals surface area contributed by atoms with E-state index in [2.05, 4.69) is 5.32 Å². The Morgan fingerprint density at radius 1 is 1.29 bits per heavy atom. The molecule has 1 fully saturated rings. The lowest BCUT2D eigenvalue weighted by atomic mass is 10.1. The average molecular weight is 231 g/mol. The van der Waals surface area contributed by atoms with Crippen molar-refractivity contribution < 1.29 is 14.3 Å². The number of carbonyl (C=O) groups excluding carboxylic acids is 2. The van der Waals surface area contributed by atoms with Crippen LogP contribution in [0.1, 0.15) is 23.7 Å². The van der Waals surface area contributed by atoms with Crippen LogP contribution in [-0.4, -0.2) is 18.5 Å². The molecule has 1 aliphatic heterocycles. The summed E-state index contributed by atoms with van der Waals surface area (Å²) < 4.78 is 4.83. The summed E-state index contributed by atoms with van der Waals surface area (Å²) in [6.45, 7) is 2.11. The van der Waals surface area contributed by atoms with Crippen molar-refractivity contribution >= 4 is 11.9 Å². The number of benzene rings is 1. The summed E-state index contributed by atoms with van der Waals surface area (Å²) in [6, 6.07) is 8.87. The lowest BCUT2D eigenvalue weighted by Crippen LogP contribution is -2.23. The van der Waals surface area contributed by atoms with E-state index in [1.54, 1.807) is 31.2 Å². The van der Waals surface area contributed by atoms with Crippen LogP contribution in [0.2, 0.25) is 0 Å². The maximum Gasteiger partial charge on any atom is 0.335 e. The Kier molecular flexibility index (Phi) is 3.23. The molecule has 0 radical (unpaired) electrons. The standard InChI is InChI=1S/C13H13NO3/c1-9(11-7-8-17-13(11)16)14-12(15)10-5-3-2-4-6-10/h2-6H,7-8H2,1H3,(H,14,15)/b11-9+. The van der Waals surface area contributed by atoms with E-state index in [-0.39, 0.29) is 11.9 Å². The van der Waals surface area contributed by atoms with Gasteiger partial charge in [0.15, 0.2) is 0 Å². The van der Waals surface area contributed by atoms with Crippen LogP contribution in [0, 0.1) is 0 Å². The lowest BCUT2D eigenvalue weighted by molar-refractivity contribution is -0.135. The van der Waals surface area contributed by atoms with E-state index in [1.165, 1.54) is 0 Å². The zero-order chi connectivity index (χ0) is 12.3. The Labute approximate surface area is 99.3 Å². The van der Waals surface area contributed by atoms with Gasteiger partial charge in [-0.1, -0.05) is 18.2 Å². The fourth-order valence-corrected chi connectivity index (χ4v) is 1.68. The van der Waals surface area contributed by atoms with Gasteiger partial charge in [-0.2, -0.15) is 0 Å². The summed E-state index contributed by atoms with van der Waals surface area (Å²) in [7, 11) is 0. The summed E-state index contributed by atoms with van der Waals surface area (Å²) >= 11 is 0. The number of nitrogens with one attached hydrogen (secondary N) is 1. The predicted octanol–water partition coefficient (Wildman–Crippen LogP) is 1.64. The number of hydrogen-bond acceptors (Lipinski definition) is 3. The quantitative estimate of drug-likeness (QED) is 0.621. The van der Waals surface area contributed by atoms with E-state index >= 15 is 0 Å². The van der Waals surface area contributed by atoms with E-state index < -0.39 is 0 Å². The Morgan fingerprint density at radius 2 is 2.00 bits per heavy atom. The van der Waals surface area contributed by atoms with Gasteiger partial charge >= 0.3 is 5.97 Å². The zero-order valence-electron chi connectivity index (χ0n) is 9.53. The molecule has 1 amide bonds. The molecule has 0 spiro atoms. The largest absolute Gasteiger partial charge is 0.462 e. The van der Waals surface area contributed by atoms with Crippen LogP contribution in [0.4, 0.5) is 0 Å². The van der Waals surface area contributed by atoms with Crippen molar-refractivity contribution in [3.05, 3.63) is 47.2 Å². The number of carbonyl (C=O) groups is 2. The highest BCUT2D eigenvalue weighted by Gasteiger charge is 2.22. The highest BCUT2D eigenvalue weighted by molar-refractivity contribution is 5.97. The highest BCUT2D eigenvalue weighted by Crippen LogP contribution is 2.16. The number of allylic oxidation sites excluding steroid dienone is 1. The first-order valence-electron chi connectivity index (χ1n) is 5.42. The van der Waals surface area contributed by atoms with Gasteiger partial charge in [0, 0.05) is 17.7 Å². The van der Waals surface area contributed by atoms with Crippen LogP contribution in [0.5, 0.6) is 0 Å². The monoisotopic (exact) mass is 231 g/mol. The van der Waals surface area contributed by atoms with Crippen molar-refractivity contribution in [3.63, 3.8) is 0 Å². The molecule has 0 unspecified atom stereocenters. The van der Waals surface area contributed by atoms with Crippen molar-refractivity contribution in [3.8, 4) is 0 Å².